The van der Waals surface area contributed by atoms with Gasteiger partial charge in [0.05, 0.1) is 12.7 Å². The van der Waals surface area contributed by atoms with Crippen molar-refractivity contribution >= 4 is 16.0 Å². The molecule has 1 N–H and O–H groups in total. The van der Waals surface area contributed by atoms with Crippen LogP contribution in [0.15, 0.2) is 34.7 Å². The van der Waals surface area contributed by atoms with Crippen LogP contribution in [0, 0.1) is 0 Å². The van der Waals surface area contributed by atoms with Crippen molar-refractivity contribution in [1.82, 2.24) is 4.31 Å². The second kappa shape index (κ2) is 5.87. The number of hydrogen-bond donors (Lipinski definition) is 1. The van der Waals surface area contributed by atoms with Crippen molar-refractivity contribution in [3.63, 3.8) is 0 Å². The Bertz CT molecular complexity index is 693. The largest absolute Gasteiger partial charge is 0.495 e. The Balaban J connectivity index is 2.48. The Morgan fingerprint density at radius 1 is 1.38 bits per heavy atom. The number of rotatable bonds is 4. The Labute approximate surface area is 123 Å². The van der Waals surface area contributed by atoms with Crippen LogP contribution in [-0.4, -0.2) is 44.0 Å². The highest BCUT2D eigenvalue weighted by molar-refractivity contribution is 7.89. The number of carboxylic acids is 1. The van der Waals surface area contributed by atoms with E-state index in [2.05, 4.69) is 0 Å². The summed E-state index contributed by atoms with van der Waals surface area (Å²) in [5.41, 5.74) is 1.06. The number of aromatic carboxylic acids is 1. The van der Waals surface area contributed by atoms with E-state index in [9.17, 15) is 13.2 Å². The van der Waals surface area contributed by atoms with Crippen molar-refractivity contribution in [2.24, 2.45) is 0 Å². The maximum Gasteiger partial charge on any atom is 0.335 e. The van der Waals surface area contributed by atoms with Crippen LogP contribution < -0.4 is 4.74 Å². The van der Waals surface area contributed by atoms with E-state index in [-0.39, 0.29) is 22.8 Å². The summed E-state index contributed by atoms with van der Waals surface area (Å²) in [5.74, 6) is -1.03. The normalized spacial score (nSPS) is 16.4. The first-order chi connectivity index (χ1) is 9.86. The second-order valence-electron chi connectivity index (χ2n) is 4.83. The molecule has 0 saturated heterocycles. The molecule has 0 amide bonds. The molecule has 0 saturated carbocycles. The van der Waals surface area contributed by atoms with Crippen molar-refractivity contribution in [3.05, 3.63) is 35.4 Å². The summed E-state index contributed by atoms with van der Waals surface area (Å²) in [4.78, 5) is 10.9. The lowest BCUT2D eigenvalue weighted by Crippen LogP contribution is -2.35. The molecule has 21 heavy (non-hydrogen) atoms. The predicted octanol–water partition coefficient (Wildman–Crippen LogP) is 1.73. The van der Waals surface area contributed by atoms with Gasteiger partial charge in [-0.25, -0.2) is 13.2 Å². The van der Waals surface area contributed by atoms with Crippen LogP contribution in [0.25, 0.3) is 0 Å². The zero-order valence-corrected chi connectivity index (χ0v) is 12.7. The minimum atomic E-state index is -3.78. The Kier molecular flexibility index (Phi) is 4.34. The second-order valence-corrected chi connectivity index (χ2v) is 6.74. The Hall–Kier alpha value is -1.86. The molecule has 0 atom stereocenters. The summed E-state index contributed by atoms with van der Waals surface area (Å²) in [6.07, 6.45) is 2.52. The third-order valence-electron chi connectivity index (χ3n) is 3.43. The fraction of sp³-hybridized carbons (Fsp3) is 0.357. The number of methoxy groups -OCH3 is 1. The maximum atomic E-state index is 12.7. The first-order valence-electron chi connectivity index (χ1n) is 6.43. The van der Waals surface area contributed by atoms with E-state index < -0.39 is 16.0 Å². The summed E-state index contributed by atoms with van der Waals surface area (Å²) < 4.78 is 31.7. The minimum Gasteiger partial charge on any atom is -0.495 e. The quantitative estimate of drug-likeness (QED) is 0.856. The summed E-state index contributed by atoms with van der Waals surface area (Å²) in [6.45, 7) is 2.62. The van der Waals surface area contributed by atoms with Gasteiger partial charge in [0.15, 0.2) is 0 Å². The van der Waals surface area contributed by atoms with Gasteiger partial charge in [0.25, 0.3) is 0 Å². The first-order valence-corrected chi connectivity index (χ1v) is 7.87. The standard InChI is InChI=1S/C14H17NO5S/c1-10-5-7-15(8-6-10)21(18,19)13-9-11(14(16)17)3-4-12(13)20-2/h3-5,9H,6-8H2,1-2H3,(H,16,17). The molecule has 1 heterocycles. The zero-order valence-electron chi connectivity index (χ0n) is 11.9. The van der Waals surface area contributed by atoms with E-state index in [0.29, 0.717) is 13.0 Å². The van der Waals surface area contributed by atoms with Crippen molar-refractivity contribution in [1.29, 1.82) is 0 Å². The first kappa shape index (κ1) is 15.5. The third-order valence-corrected chi connectivity index (χ3v) is 5.31. The molecule has 1 aliphatic heterocycles. The fourth-order valence-corrected chi connectivity index (χ4v) is 3.68. The molecule has 0 unspecified atom stereocenters. The molecule has 0 spiro atoms. The molecule has 2 rings (SSSR count). The monoisotopic (exact) mass is 311 g/mol. The van der Waals surface area contributed by atoms with Gasteiger partial charge in [-0.15, -0.1) is 0 Å². The molecule has 1 aliphatic rings. The number of carboxylic acid groups (broad SMARTS) is 1. The molecule has 6 nitrogen and oxygen atoms in total. The number of benzene rings is 1. The number of sulfonamides is 1. The SMILES string of the molecule is COc1ccc(C(=O)O)cc1S(=O)(=O)N1CC=C(C)CC1. The number of hydrogen-bond acceptors (Lipinski definition) is 4. The molecule has 0 fully saturated rings. The highest BCUT2D eigenvalue weighted by Crippen LogP contribution is 2.29. The van der Waals surface area contributed by atoms with Gasteiger partial charge in [0.1, 0.15) is 10.6 Å². The zero-order chi connectivity index (χ0) is 15.6. The van der Waals surface area contributed by atoms with Crippen LogP contribution in [0.1, 0.15) is 23.7 Å². The van der Waals surface area contributed by atoms with E-state index in [4.69, 9.17) is 9.84 Å². The van der Waals surface area contributed by atoms with E-state index in [0.717, 1.165) is 11.6 Å². The van der Waals surface area contributed by atoms with E-state index in [1.807, 2.05) is 13.0 Å². The van der Waals surface area contributed by atoms with Crippen LogP contribution in [0.4, 0.5) is 0 Å². The summed E-state index contributed by atoms with van der Waals surface area (Å²) in [5, 5.41) is 9.02. The summed E-state index contributed by atoms with van der Waals surface area (Å²) in [6, 6.07) is 3.82. The van der Waals surface area contributed by atoms with E-state index in [1.54, 1.807) is 0 Å². The Morgan fingerprint density at radius 3 is 2.62 bits per heavy atom. The van der Waals surface area contributed by atoms with Gasteiger partial charge < -0.3 is 9.84 Å². The van der Waals surface area contributed by atoms with E-state index in [1.165, 1.54) is 23.5 Å². The Morgan fingerprint density at radius 2 is 2.10 bits per heavy atom. The highest BCUT2D eigenvalue weighted by atomic mass is 32.2. The molecular formula is C14H17NO5S. The lowest BCUT2D eigenvalue weighted by molar-refractivity contribution is 0.0696. The average Bonchev–Trinajstić information content (AvgIpc) is 2.46. The van der Waals surface area contributed by atoms with Crippen LogP contribution >= 0.6 is 0 Å². The number of carbonyl (C=O) groups is 1. The van der Waals surface area contributed by atoms with Gasteiger partial charge in [-0.1, -0.05) is 11.6 Å². The van der Waals surface area contributed by atoms with Crippen LogP contribution in [0.5, 0.6) is 5.75 Å². The molecular weight excluding hydrogens is 294 g/mol. The minimum absolute atomic E-state index is 0.0851. The van der Waals surface area contributed by atoms with Gasteiger partial charge in [0, 0.05) is 13.1 Å². The van der Waals surface area contributed by atoms with Gasteiger partial charge in [-0.3, -0.25) is 0 Å². The molecule has 0 aliphatic carbocycles. The lowest BCUT2D eigenvalue weighted by Gasteiger charge is -2.25. The lowest BCUT2D eigenvalue weighted by atomic mass is 10.1. The molecule has 114 valence electrons. The number of ether oxygens (including phenoxy) is 1. The highest BCUT2D eigenvalue weighted by Gasteiger charge is 2.29. The summed E-state index contributed by atoms with van der Waals surface area (Å²) >= 11 is 0. The molecule has 1 aromatic carbocycles. The van der Waals surface area contributed by atoms with Crippen molar-refractivity contribution < 1.29 is 23.1 Å². The number of nitrogens with zero attached hydrogens (tertiary/aromatic N) is 1. The van der Waals surface area contributed by atoms with Gasteiger partial charge in [0.2, 0.25) is 10.0 Å². The van der Waals surface area contributed by atoms with E-state index >= 15 is 0 Å². The molecule has 7 heteroatoms. The van der Waals surface area contributed by atoms with Crippen LogP contribution in [0.2, 0.25) is 0 Å². The smallest absolute Gasteiger partial charge is 0.335 e. The van der Waals surface area contributed by atoms with Crippen LogP contribution in [-0.2, 0) is 10.0 Å². The van der Waals surface area contributed by atoms with Gasteiger partial charge in [-0.05, 0) is 31.5 Å². The molecule has 0 aromatic heterocycles. The molecule has 1 aromatic rings. The fourth-order valence-electron chi connectivity index (χ4n) is 2.12. The topological polar surface area (TPSA) is 83.9 Å². The molecule has 0 radical (unpaired) electrons. The van der Waals surface area contributed by atoms with Gasteiger partial charge in [-0.2, -0.15) is 4.31 Å². The third kappa shape index (κ3) is 3.08. The maximum absolute atomic E-state index is 12.7. The summed E-state index contributed by atoms with van der Waals surface area (Å²) in [7, 11) is -2.43. The average molecular weight is 311 g/mol. The van der Waals surface area contributed by atoms with Crippen molar-refractivity contribution in [2.75, 3.05) is 20.2 Å². The van der Waals surface area contributed by atoms with Gasteiger partial charge >= 0.3 is 5.97 Å². The predicted molar refractivity (Wildman–Crippen MR) is 77.1 cm³/mol. The van der Waals surface area contributed by atoms with Crippen LogP contribution in [0.3, 0.4) is 0 Å². The van der Waals surface area contributed by atoms with Crippen molar-refractivity contribution in [3.8, 4) is 5.75 Å². The van der Waals surface area contributed by atoms with Crippen molar-refractivity contribution in [2.45, 2.75) is 18.2 Å². The molecule has 0 bridgehead atoms.